The highest BCUT2D eigenvalue weighted by atomic mass is 32.2. The third kappa shape index (κ3) is 7.92. The van der Waals surface area contributed by atoms with Gasteiger partial charge in [0.25, 0.3) is 0 Å². The molecule has 2 amide bonds. The van der Waals surface area contributed by atoms with Gasteiger partial charge in [-0.05, 0) is 67.3 Å². The maximum absolute atomic E-state index is 13.9. The van der Waals surface area contributed by atoms with Crippen molar-refractivity contribution in [2.24, 2.45) is 5.92 Å². The summed E-state index contributed by atoms with van der Waals surface area (Å²) in [7, 11) is 0. The molecule has 3 aromatic heterocycles. The Kier molecular flexibility index (Phi) is 10.9. The predicted molar refractivity (Wildman–Crippen MR) is 215 cm³/mol. The lowest BCUT2D eigenvalue weighted by molar-refractivity contribution is -0.132. The maximum Gasteiger partial charge on any atom is 0.241 e. The van der Waals surface area contributed by atoms with Crippen molar-refractivity contribution < 1.29 is 14.3 Å². The van der Waals surface area contributed by atoms with Gasteiger partial charge in [-0.1, -0.05) is 57.2 Å². The molecule has 1 saturated heterocycles. The van der Waals surface area contributed by atoms with Crippen molar-refractivity contribution in [3.05, 3.63) is 85.7 Å². The van der Waals surface area contributed by atoms with Gasteiger partial charge in [0, 0.05) is 60.6 Å². The van der Waals surface area contributed by atoms with E-state index in [-0.39, 0.29) is 30.5 Å². The van der Waals surface area contributed by atoms with E-state index in [1.807, 2.05) is 67.5 Å². The molecule has 282 valence electrons. The van der Waals surface area contributed by atoms with E-state index in [1.165, 1.54) is 5.57 Å². The Hall–Kier alpha value is -5.01. The molecule has 0 radical (unpaired) electrons. The SMILES string of the molecule is [CH2-]C(C)n1cnc(-c2ccc(C3=CCN(C(=O)CN4CCC(SC)(C(=O)Nc5ccc6[nH]nc(-c7ccc(OC(C)C(C)C)nc7)c6c5)C4)CC3)cc2)n1. The quantitative estimate of drug-likeness (QED) is 0.133. The fraction of sp³-hybridized carbons (Fsp3) is 0.390. The molecule has 2 N–H and O–H groups in total. The largest absolute Gasteiger partial charge is 0.474 e. The van der Waals surface area contributed by atoms with Gasteiger partial charge in [-0.25, -0.2) is 9.97 Å². The second-order valence-corrected chi connectivity index (χ2v) is 15.9. The minimum Gasteiger partial charge on any atom is -0.474 e. The summed E-state index contributed by atoms with van der Waals surface area (Å²) in [5.74, 6) is 1.66. The third-order valence-corrected chi connectivity index (χ3v) is 11.9. The highest BCUT2D eigenvalue weighted by Crippen LogP contribution is 2.36. The number of pyridine rings is 1. The number of H-pyrrole nitrogens is 1. The fourth-order valence-electron chi connectivity index (χ4n) is 6.81. The number of aromatic nitrogens is 6. The lowest BCUT2D eigenvalue weighted by Crippen LogP contribution is -2.45. The molecule has 0 saturated carbocycles. The first-order valence-corrected chi connectivity index (χ1v) is 19.8. The molecule has 7 rings (SSSR count). The van der Waals surface area contributed by atoms with E-state index < -0.39 is 4.75 Å². The molecule has 5 aromatic rings. The van der Waals surface area contributed by atoms with Crippen LogP contribution in [0.15, 0.2) is 73.2 Å². The van der Waals surface area contributed by atoms with Crippen molar-refractivity contribution >= 4 is 45.7 Å². The number of anilines is 1. The molecule has 0 spiro atoms. The summed E-state index contributed by atoms with van der Waals surface area (Å²) in [5, 5.41) is 16.2. The molecule has 0 aliphatic carbocycles. The minimum atomic E-state index is -0.665. The zero-order valence-corrected chi connectivity index (χ0v) is 32.4. The molecule has 2 aromatic carbocycles. The molecule has 2 aliphatic rings. The third-order valence-electron chi connectivity index (χ3n) is 10.6. The number of carbonyl (C=O) groups excluding carboxylic acids is 2. The predicted octanol–water partition coefficient (Wildman–Crippen LogP) is 6.76. The smallest absolute Gasteiger partial charge is 0.241 e. The Morgan fingerprint density at radius 2 is 1.80 bits per heavy atom. The van der Waals surface area contributed by atoms with E-state index >= 15 is 0 Å². The summed E-state index contributed by atoms with van der Waals surface area (Å²) in [6.45, 7) is 14.9. The van der Waals surface area contributed by atoms with Gasteiger partial charge < -0.3 is 21.9 Å². The van der Waals surface area contributed by atoms with E-state index in [0.717, 1.165) is 39.7 Å². The molecular formula is C41H48N9O3S-. The van der Waals surface area contributed by atoms with E-state index in [4.69, 9.17) is 4.74 Å². The molecule has 12 nitrogen and oxygen atoms in total. The van der Waals surface area contributed by atoms with E-state index in [1.54, 1.807) is 29.0 Å². The van der Waals surface area contributed by atoms with Crippen molar-refractivity contribution in [3.8, 4) is 28.5 Å². The van der Waals surface area contributed by atoms with Crippen LogP contribution in [0.3, 0.4) is 0 Å². The van der Waals surface area contributed by atoms with Crippen LogP contribution in [-0.4, -0.2) is 101 Å². The van der Waals surface area contributed by atoms with Gasteiger partial charge in [0.1, 0.15) is 16.8 Å². The number of fused-ring (bicyclic) bond motifs is 1. The number of hydrogen-bond donors (Lipinski definition) is 2. The number of thioether (sulfide) groups is 1. The Morgan fingerprint density at radius 1 is 1.02 bits per heavy atom. The van der Waals surface area contributed by atoms with Crippen LogP contribution < -0.4 is 10.1 Å². The minimum absolute atomic E-state index is 0.0132. The van der Waals surface area contributed by atoms with Gasteiger partial charge in [-0.3, -0.25) is 24.3 Å². The molecule has 2 aliphatic heterocycles. The van der Waals surface area contributed by atoms with Crippen molar-refractivity contribution in [2.75, 3.05) is 44.3 Å². The van der Waals surface area contributed by atoms with Gasteiger partial charge in [-0.15, -0.1) is 11.8 Å². The normalized spacial score (nSPS) is 18.9. The van der Waals surface area contributed by atoms with Crippen LogP contribution in [0.5, 0.6) is 5.88 Å². The molecule has 0 bridgehead atoms. The van der Waals surface area contributed by atoms with Gasteiger partial charge in [0.15, 0.2) is 5.82 Å². The second-order valence-electron chi connectivity index (χ2n) is 14.7. The van der Waals surface area contributed by atoms with E-state index in [2.05, 4.69) is 74.5 Å². The Morgan fingerprint density at radius 3 is 2.46 bits per heavy atom. The highest BCUT2D eigenvalue weighted by Gasteiger charge is 2.44. The van der Waals surface area contributed by atoms with Crippen molar-refractivity contribution in [3.63, 3.8) is 0 Å². The van der Waals surface area contributed by atoms with Crippen LogP contribution >= 0.6 is 11.8 Å². The standard InChI is InChI=1S/C41H48N9O3S/c1-26(2)28(5)53-36-14-11-32(22-42-36)38-34-21-33(12-13-35(34)45-46-38)44-40(52)41(54-6)17-20-48(24-41)23-37(51)49-18-15-30(16-19-49)29-7-9-31(10-8-29)39-43-25-50(47-39)27(3)4/h7-15,21-22,25-28H,3,16-20,23-24H2,1-2,4-6H3,(H,44,52)(H,45,46)/q-1. The molecule has 54 heavy (non-hydrogen) atoms. The average molecular weight is 747 g/mol. The van der Waals surface area contributed by atoms with Crippen LogP contribution in [0.4, 0.5) is 5.69 Å². The molecular weight excluding hydrogens is 699 g/mol. The maximum atomic E-state index is 13.9. The molecule has 5 heterocycles. The summed E-state index contributed by atoms with van der Waals surface area (Å²) in [6, 6.07) is 17.9. The zero-order valence-electron chi connectivity index (χ0n) is 31.6. The lowest BCUT2D eigenvalue weighted by atomic mass is 9.98. The number of benzene rings is 2. The van der Waals surface area contributed by atoms with Crippen LogP contribution in [-0.2, 0) is 9.59 Å². The van der Waals surface area contributed by atoms with Crippen LogP contribution in [0, 0.1) is 12.8 Å². The van der Waals surface area contributed by atoms with Crippen LogP contribution in [0.2, 0.25) is 0 Å². The summed E-state index contributed by atoms with van der Waals surface area (Å²) < 4.78 is 7.03. The highest BCUT2D eigenvalue weighted by molar-refractivity contribution is 8.00. The number of likely N-dealkylation sites (tertiary alicyclic amines) is 1. The number of aromatic amines is 1. The van der Waals surface area contributed by atoms with E-state index in [0.29, 0.717) is 55.9 Å². The lowest BCUT2D eigenvalue weighted by Gasteiger charge is -2.29. The van der Waals surface area contributed by atoms with Crippen molar-refractivity contribution in [1.29, 1.82) is 0 Å². The first-order chi connectivity index (χ1) is 26.0. The number of nitrogens with one attached hydrogen (secondary N) is 2. The number of nitrogens with zero attached hydrogens (tertiary/aromatic N) is 7. The fourth-order valence-corrected chi connectivity index (χ4v) is 7.66. The number of amides is 2. The Balaban J connectivity index is 0.943. The zero-order chi connectivity index (χ0) is 38.0. The Bertz CT molecular complexity index is 2140. The average Bonchev–Trinajstić information content (AvgIpc) is 3.95. The molecule has 13 heteroatoms. The first-order valence-electron chi connectivity index (χ1n) is 18.5. The number of rotatable bonds is 12. The topological polar surface area (TPSA) is 134 Å². The second kappa shape index (κ2) is 15.8. The number of carbonyl (C=O) groups is 2. The first kappa shape index (κ1) is 37.3. The van der Waals surface area contributed by atoms with Gasteiger partial charge in [0.2, 0.25) is 17.7 Å². The van der Waals surface area contributed by atoms with Gasteiger partial charge in [0.05, 0.1) is 18.2 Å². The number of ether oxygens (including phenoxy) is 1. The summed E-state index contributed by atoms with van der Waals surface area (Å²) in [4.78, 5) is 40.3. The summed E-state index contributed by atoms with van der Waals surface area (Å²) in [6.07, 6.45) is 9.08. The number of hydrogen-bond acceptors (Lipinski definition) is 9. The van der Waals surface area contributed by atoms with Crippen molar-refractivity contribution in [1.82, 2.24) is 39.7 Å². The summed E-state index contributed by atoms with van der Waals surface area (Å²) in [5.41, 5.74) is 6.48. The molecule has 3 unspecified atom stereocenters. The molecule has 1 fully saturated rings. The van der Waals surface area contributed by atoms with Crippen molar-refractivity contribution in [2.45, 2.75) is 57.4 Å². The van der Waals surface area contributed by atoms with Gasteiger partial charge >= 0.3 is 0 Å². The van der Waals surface area contributed by atoms with E-state index in [9.17, 15) is 9.59 Å². The van der Waals surface area contributed by atoms with Crippen LogP contribution in [0.1, 0.15) is 52.1 Å². The summed E-state index contributed by atoms with van der Waals surface area (Å²) >= 11 is 1.55. The van der Waals surface area contributed by atoms with Crippen LogP contribution in [0.25, 0.3) is 39.1 Å². The monoisotopic (exact) mass is 746 g/mol. The Labute approximate surface area is 320 Å². The molecule has 3 atom stereocenters. The van der Waals surface area contributed by atoms with Gasteiger partial charge in [-0.2, -0.15) is 10.2 Å².